The number of carbonyl (C=O) groups excluding carboxylic acids is 1. The molecule has 2 aromatic heterocycles. The first-order chi connectivity index (χ1) is 11.2. The van der Waals surface area contributed by atoms with Crippen molar-refractivity contribution in [1.29, 1.82) is 0 Å². The maximum atomic E-state index is 12.6. The van der Waals surface area contributed by atoms with Gasteiger partial charge in [0, 0.05) is 4.88 Å². The average Bonchev–Trinajstić information content (AvgIpc) is 2.85. The molecule has 0 aromatic carbocycles. The van der Waals surface area contributed by atoms with Gasteiger partial charge in [-0.1, -0.05) is 6.92 Å². The highest BCUT2D eigenvalue weighted by atomic mass is 32.1. The minimum Gasteiger partial charge on any atom is -0.345 e. The van der Waals surface area contributed by atoms with Gasteiger partial charge in [-0.25, -0.2) is 4.98 Å². The van der Waals surface area contributed by atoms with Crippen LogP contribution in [0.25, 0.3) is 10.2 Å². The molecule has 1 aliphatic carbocycles. The van der Waals surface area contributed by atoms with Gasteiger partial charge >= 0.3 is 6.18 Å². The van der Waals surface area contributed by atoms with E-state index in [1.54, 1.807) is 5.32 Å². The molecule has 0 saturated carbocycles. The van der Waals surface area contributed by atoms with Crippen LogP contribution in [-0.4, -0.2) is 28.2 Å². The Balaban J connectivity index is 1.87. The number of nitrogens with one attached hydrogen (secondary N) is 1. The number of carbonyl (C=O) groups is 1. The SMILES string of the molecule is C[C@@H]1CCc2c(sc3ncn(CC(=O)NCC(F)(F)F)c(=O)c23)C1. The number of rotatable bonds is 3. The molecule has 0 radical (unpaired) electrons. The van der Waals surface area contributed by atoms with Crippen molar-refractivity contribution in [2.24, 2.45) is 5.92 Å². The highest BCUT2D eigenvalue weighted by molar-refractivity contribution is 7.18. The van der Waals surface area contributed by atoms with E-state index < -0.39 is 25.2 Å². The van der Waals surface area contributed by atoms with Crippen molar-refractivity contribution in [2.45, 2.75) is 38.9 Å². The van der Waals surface area contributed by atoms with Crippen molar-refractivity contribution in [3.8, 4) is 0 Å². The third-order valence-electron chi connectivity index (χ3n) is 4.08. The number of hydrogen-bond acceptors (Lipinski definition) is 4. The Morgan fingerprint density at radius 1 is 1.50 bits per heavy atom. The molecule has 0 unspecified atom stereocenters. The number of nitrogens with zero attached hydrogens (tertiary/aromatic N) is 2. The summed E-state index contributed by atoms with van der Waals surface area (Å²) in [7, 11) is 0. The normalized spacial score (nSPS) is 17.8. The first-order valence-electron chi connectivity index (χ1n) is 7.57. The third-order valence-corrected chi connectivity index (χ3v) is 5.24. The predicted molar refractivity (Wildman–Crippen MR) is 84.1 cm³/mol. The van der Waals surface area contributed by atoms with Crippen LogP contribution in [0, 0.1) is 5.92 Å². The van der Waals surface area contributed by atoms with Gasteiger partial charge in [0.2, 0.25) is 5.91 Å². The van der Waals surface area contributed by atoms with Crippen LogP contribution in [0.5, 0.6) is 0 Å². The minimum atomic E-state index is -4.48. The molecule has 2 heterocycles. The van der Waals surface area contributed by atoms with Crippen molar-refractivity contribution >= 4 is 27.5 Å². The molecule has 1 aliphatic rings. The van der Waals surface area contributed by atoms with Gasteiger partial charge in [-0.3, -0.25) is 14.2 Å². The molecule has 1 amide bonds. The zero-order chi connectivity index (χ0) is 17.5. The van der Waals surface area contributed by atoms with E-state index in [-0.39, 0.29) is 5.56 Å². The van der Waals surface area contributed by atoms with E-state index in [9.17, 15) is 22.8 Å². The largest absolute Gasteiger partial charge is 0.405 e. The van der Waals surface area contributed by atoms with Gasteiger partial charge in [0.1, 0.15) is 17.9 Å². The second-order valence-corrected chi connectivity index (χ2v) is 7.19. The second kappa shape index (κ2) is 6.19. The van der Waals surface area contributed by atoms with Crippen molar-refractivity contribution in [2.75, 3.05) is 6.54 Å². The summed E-state index contributed by atoms with van der Waals surface area (Å²) in [6.07, 6.45) is -0.575. The molecule has 0 bridgehead atoms. The lowest BCUT2D eigenvalue weighted by atomic mass is 9.89. The molecule has 0 spiro atoms. The summed E-state index contributed by atoms with van der Waals surface area (Å²) in [6.45, 7) is 0.269. The predicted octanol–water partition coefficient (Wildman–Crippen LogP) is 2.26. The summed E-state index contributed by atoms with van der Waals surface area (Å²) >= 11 is 1.49. The van der Waals surface area contributed by atoms with Crippen molar-refractivity contribution in [3.05, 3.63) is 27.1 Å². The van der Waals surface area contributed by atoms with Crippen LogP contribution in [0.15, 0.2) is 11.1 Å². The van der Waals surface area contributed by atoms with E-state index in [4.69, 9.17) is 0 Å². The van der Waals surface area contributed by atoms with E-state index >= 15 is 0 Å². The Labute approximate surface area is 139 Å². The summed E-state index contributed by atoms with van der Waals surface area (Å²) in [5.74, 6) is -0.311. The fourth-order valence-corrected chi connectivity index (χ4v) is 4.23. The quantitative estimate of drug-likeness (QED) is 0.914. The van der Waals surface area contributed by atoms with Crippen molar-refractivity contribution < 1.29 is 18.0 Å². The first-order valence-corrected chi connectivity index (χ1v) is 8.39. The van der Waals surface area contributed by atoms with Gasteiger partial charge in [0.05, 0.1) is 11.7 Å². The molecular weight excluding hydrogens is 343 g/mol. The fraction of sp³-hybridized carbons (Fsp3) is 0.533. The Morgan fingerprint density at radius 3 is 2.96 bits per heavy atom. The molecule has 130 valence electrons. The van der Waals surface area contributed by atoms with E-state index in [1.165, 1.54) is 17.7 Å². The lowest BCUT2D eigenvalue weighted by Crippen LogP contribution is -2.37. The number of hydrogen-bond donors (Lipinski definition) is 1. The molecule has 3 rings (SSSR count). The van der Waals surface area contributed by atoms with Crippen LogP contribution < -0.4 is 10.9 Å². The Morgan fingerprint density at radius 2 is 2.25 bits per heavy atom. The summed E-state index contributed by atoms with van der Waals surface area (Å²) in [4.78, 5) is 30.2. The van der Waals surface area contributed by atoms with Gasteiger partial charge in [-0.15, -0.1) is 11.3 Å². The zero-order valence-corrected chi connectivity index (χ0v) is 13.8. The summed E-state index contributed by atoms with van der Waals surface area (Å²) < 4.78 is 37.4. The lowest BCUT2D eigenvalue weighted by Gasteiger charge is -2.17. The Bertz CT molecular complexity index is 841. The summed E-state index contributed by atoms with van der Waals surface area (Å²) in [6, 6.07) is 0. The molecule has 1 atom stereocenters. The van der Waals surface area contributed by atoms with Gasteiger partial charge < -0.3 is 5.32 Å². The molecule has 9 heteroatoms. The molecule has 0 aliphatic heterocycles. The Kier molecular flexibility index (Phi) is 4.37. The molecule has 0 fully saturated rings. The topological polar surface area (TPSA) is 64.0 Å². The van der Waals surface area contributed by atoms with E-state index in [0.29, 0.717) is 16.1 Å². The van der Waals surface area contributed by atoms with Crippen LogP contribution in [0.4, 0.5) is 13.2 Å². The molecule has 24 heavy (non-hydrogen) atoms. The molecule has 1 N–H and O–H groups in total. The van der Waals surface area contributed by atoms with Crippen molar-refractivity contribution in [1.82, 2.24) is 14.9 Å². The number of halogens is 3. The van der Waals surface area contributed by atoms with E-state index in [2.05, 4.69) is 11.9 Å². The molecular formula is C15H16F3N3O2S. The van der Waals surface area contributed by atoms with Gasteiger partial charge in [0.15, 0.2) is 0 Å². The van der Waals surface area contributed by atoms with Crippen LogP contribution in [0.3, 0.4) is 0 Å². The number of thiophene rings is 1. The van der Waals surface area contributed by atoms with E-state index in [1.807, 2.05) is 0 Å². The third kappa shape index (κ3) is 3.45. The average molecular weight is 359 g/mol. The van der Waals surface area contributed by atoms with Crippen LogP contribution in [-0.2, 0) is 24.2 Å². The lowest BCUT2D eigenvalue weighted by molar-refractivity contribution is -0.138. The maximum absolute atomic E-state index is 12.6. The van der Waals surface area contributed by atoms with Crippen LogP contribution in [0.2, 0.25) is 0 Å². The summed E-state index contributed by atoms with van der Waals surface area (Å²) in [5.41, 5.74) is 0.616. The number of amides is 1. The molecule has 0 saturated heterocycles. The summed E-state index contributed by atoms with van der Waals surface area (Å²) in [5, 5.41) is 2.27. The number of aromatic nitrogens is 2. The van der Waals surface area contributed by atoms with Crippen LogP contribution >= 0.6 is 11.3 Å². The minimum absolute atomic E-state index is 0.366. The second-order valence-electron chi connectivity index (χ2n) is 6.10. The van der Waals surface area contributed by atoms with Gasteiger partial charge in [-0.05, 0) is 30.7 Å². The zero-order valence-electron chi connectivity index (χ0n) is 12.9. The molecule has 5 nitrogen and oxygen atoms in total. The van der Waals surface area contributed by atoms with Crippen molar-refractivity contribution in [3.63, 3.8) is 0 Å². The Hall–Kier alpha value is -1.90. The number of alkyl halides is 3. The van der Waals surface area contributed by atoms with E-state index in [0.717, 1.165) is 34.3 Å². The van der Waals surface area contributed by atoms with Crippen LogP contribution in [0.1, 0.15) is 23.8 Å². The standard InChI is InChI=1S/C15H16F3N3O2S/c1-8-2-3-9-10(4-8)24-13-12(9)14(23)21(7-20-13)5-11(22)19-6-15(16,17)18/h7-8H,2-6H2,1H3,(H,19,22)/t8-/m1/s1. The fourth-order valence-electron chi connectivity index (χ4n) is 2.89. The maximum Gasteiger partial charge on any atom is 0.405 e. The highest BCUT2D eigenvalue weighted by Gasteiger charge is 2.28. The number of aryl methyl sites for hydroxylation is 1. The number of fused-ring (bicyclic) bond motifs is 3. The monoisotopic (exact) mass is 359 g/mol. The smallest absolute Gasteiger partial charge is 0.345 e. The van der Waals surface area contributed by atoms with Gasteiger partial charge in [-0.2, -0.15) is 13.2 Å². The molecule has 2 aromatic rings. The first kappa shape index (κ1) is 16.9. The highest BCUT2D eigenvalue weighted by Crippen LogP contribution is 2.35. The van der Waals surface area contributed by atoms with Gasteiger partial charge in [0.25, 0.3) is 5.56 Å².